The van der Waals surface area contributed by atoms with Crippen LogP contribution < -0.4 is 10.1 Å². The van der Waals surface area contributed by atoms with E-state index >= 15 is 0 Å². The second-order valence-corrected chi connectivity index (χ2v) is 6.37. The highest BCUT2D eigenvalue weighted by Gasteiger charge is 2.19. The number of nitrogens with one attached hydrogen (secondary N) is 1. The van der Waals surface area contributed by atoms with Gasteiger partial charge < -0.3 is 14.5 Å². The van der Waals surface area contributed by atoms with Gasteiger partial charge >= 0.3 is 0 Å². The number of benzene rings is 2. The Hall–Kier alpha value is -3.61. The zero-order valence-electron chi connectivity index (χ0n) is 15.4. The van der Waals surface area contributed by atoms with Crippen LogP contribution in [0.4, 0.5) is 10.2 Å². The summed E-state index contributed by atoms with van der Waals surface area (Å²) in [6.07, 6.45) is 1.61. The van der Waals surface area contributed by atoms with Crippen molar-refractivity contribution in [2.45, 2.75) is 13.5 Å². The molecule has 7 heteroatoms. The van der Waals surface area contributed by atoms with Crippen LogP contribution in [0.25, 0.3) is 11.0 Å². The number of rotatable bonds is 5. The van der Waals surface area contributed by atoms with Gasteiger partial charge in [0, 0.05) is 17.0 Å². The fourth-order valence-electron chi connectivity index (χ4n) is 3.05. The highest BCUT2D eigenvalue weighted by atomic mass is 19.1. The van der Waals surface area contributed by atoms with Crippen LogP contribution in [0, 0.1) is 12.7 Å². The quantitative estimate of drug-likeness (QED) is 0.558. The number of aromatic nitrogens is 2. The summed E-state index contributed by atoms with van der Waals surface area (Å²) < 4.78 is 25.9. The molecule has 2 aromatic carbocycles. The molecular formula is C21H18FN3O3. The van der Waals surface area contributed by atoms with Gasteiger partial charge in [-0.2, -0.15) is 5.10 Å². The molecule has 142 valence electrons. The molecule has 4 aromatic rings. The lowest BCUT2D eigenvalue weighted by Gasteiger charge is -2.09. The molecule has 4 rings (SSSR count). The fourth-order valence-corrected chi connectivity index (χ4v) is 3.05. The average Bonchev–Trinajstić information content (AvgIpc) is 3.26. The predicted octanol–water partition coefficient (Wildman–Crippen LogP) is 4.39. The zero-order valence-corrected chi connectivity index (χ0v) is 15.4. The Balaban J connectivity index is 1.56. The summed E-state index contributed by atoms with van der Waals surface area (Å²) in [7, 11) is 1.62. The van der Waals surface area contributed by atoms with Crippen molar-refractivity contribution < 1.29 is 18.3 Å². The molecule has 0 atom stereocenters. The van der Waals surface area contributed by atoms with Gasteiger partial charge in [0.05, 0.1) is 19.9 Å². The lowest BCUT2D eigenvalue weighted by Crippen LogP contribution is -2.16. The third-order valence-corrected chi connectivity index (χ3v) is 4.55. The van der Waals surface area contributed by atoms with E-state index in [1.54, 1.807) is 31.0 Å². The van der Waals surface area contributed by atoms with E-state index in [2.05, 4.69) is 10.4 Å². The number of fused-ring (bicyclic) bond motifs is 1. The Morgan fingerprint density at radius 3 is 2.75 bits per heavy atom. The van der Waals surface area contributed by atoms with Gasteiger partial charge in [0.2, 0.25) is 0 Å². The van der Waals surface area contributed by atoms with E-state index in [1.165, 1.54) is 18.2 Å². The number of nitrogens with zero attached hydrogens (tertiary/aromatic N) is 2. The number of hydrogen-bond donors (Lipinski definition) is 1. The molecule has 0 spiro atoms. The molecule has 0 saturated heterocycles. The van der Waals surface area contributed by atoms with Crippen LogP contribution in [0.1, 0.15) is 21.7 Å². The van der Waals surface area contributed by atoms with Crippen molar-refractivity contribution in [1.29, 1.82) is 0 Å². The number of methoxy groups -OCH3 is 1. The normalized spacial score (nSPS) is 11.0. The smallest absolute Gasteiger partial charge is 0.292 e. The van der Waals surface area contributed by atoms with Crippen molar-refractivity contribution in [3.8, 4) is 5.75 Å². The predicted molar refractivity (Wildman–Crippen MR) is 103 cm³/mol. The van der Waals surface area contributed by atoms with Crippen molar-refractivity contribution in [2.75, 3.05) is 12.4 Å². The van der Waals surface area contributed by atoms with Gasteiger partial charge in [-0.05, 0) is 42.8 Å². The van der Waals surface area contributed by atoms with Gasteiger partial charge in [-0.3, -0.25) is 4.79 Å². The molecule has 0 saturated carbocycles. The molecule has 0 aliphatic heterocycles. The maximum atomic E-state index is 13.5. The minimum atomic E-state index is -0.411. The first-order valence-electron chi connectivity index (χ1n) is 8.70. The number of furan rings is 1. The largest absolute Gasteiger partial charge is 0.497 e. The third kappa shape index (κ3) is 3.34. The number of hydrogen-bond acceptors (Lipinski definition) is 4. The molecular weight excluding hydrogens is 361 g/mol. The van der Waals surface area contributed by atoms with Crippen LogP contribution >= 0.6 is 0 Å². The van der Waals surface area contributed by atoms with E-state index in [9.17, 15) is 9.18 Å². The van der Waals surface area contributed by atoms with Crippen LogP contribution in [0.2, 0.25) is 0 Å². The third-order valence-electron chi connectivity index (χ3n) is 4.55. The van der Waals surface area contributed by atoms with E-state index in [-0.39, 0.29) is 11.6 Å². The van der Waals surface area contributed by atoms with Gasteiger partial charge in [-0.1, -0.05) is 12.1 Å². The van der Waals surface area contributed by atoms with Crippen LogP contribution in [0.5, 0.6) is 5.75 Å². The van der Waals surface area contributed by atoms with E-state index in [0.29, 0.717) is 28.9 Å². The molecule has 0 fully saturated rings. The topological polar surface area (TPSA) is 69.3 Å². The van der Waals surface area contributed by atoms with Crippen molar-refractivity contribution in [2.24, 2.45) is 0 Å². The summed E-state index contributed by atoms with van der Waals surface area (Å²) >= 11 is 0. The molecule has 0 aliphatic carbocycles. The standard InChI is InChI=1S/C21H18FN3O3/c1-13-17-11-15(22)5-8-18(17)28-20(13)21(26)24-19-9-10-23-25(19)12-14-3-6-16(27-2)7-4-14/h3-11H,12H2,1-2H3,(H,24,26). The Morgan fingerprint density at radius 1 is 1.21 bits per heavy atom. The number of amides is 1. The van der Waals surface area contributed by atoms with Crippen LogP contribution in [0.15, 0.2) is 59.1 Å². The van der Waals surface area contributed by atoms with Gasteiger partial charge in [0.15, 0.2) is 5.76 Å². The lowest BCUT2D eigenvalue weighted by molar-refractivity contribution is 0.0997. The molecule has 0 aliphatic rings. The maximum absolute atomic E-state index is 13.5. The van der Waals surface area contributed by atoms with E-state index in [1.807, 2.05) is 24.3 Å². The van der Waals surface area contributed by atoms with Gasteiger partial charge in [-0.25, -0.2) is 9.07 Å². The first kappa shape index (κ1) is 17.8. The highest BCUT2D eigenvalue weighted by Crippen LogP contribution is 2.26. The summed E-state index contributed by atoms with van der Waals surface area (Å²) in [4.78, 5) is 12.7. The summed E-state index contributed by atoms with van der Waals surface area (Å²) in [5, 5.41) is 7.66. The number of carbonyl (C=O) groups excluding carboxylic acids is 1. The van der Waals surface area contributed by atoms with Crippen molar-refractivity contribution in [3.63, 3.8) is 0 Å². The first-order chi connectivity index (χ1) is 13.5. The van der Waals surface area contributed by atoms with Gasteiger partial charge in [0.25, 0.3) is 5.91 Å². The zero-order chi connectivity index (χ0) is 19.7. The summed E-state index contributed by atoms with van der Waals surface area (Å²) in [6, 6.07) is 13.5. The number of carbonyl (C=O) groups is 1. The number of anilines is 1. The first-order valence-corrected chi connectivity index (χ1v) is 8.70. The lowest BCUT2D eigenvalue weighted by atomic mass is 10.1. The van der Waals surface area contributed by atoms with Crippen molar-refractivity contribution in [3.05, 3.63) is 77.4 Å². The fraction of sp³-hybridized carbons (Fsp3) is 0.143. The Morgan fingerprint density at radius 2 is 2.00 bits per heavy atom. The molecule has 28 heavy (non-hydrogen) atoms. The van der Waals surface area contributed by atoms with Crippen LogP contribution in [0.3, 0.4) is 0 Å². The van der Waals surface area contributed by atoms with Crippen LogP contribution in [-0.4, -0.2) is 22.8 Å². The Labute approximate surface area is 160 Å². The number of ether oxygens (including phenoxy) is 1. The molecule has 0 unspecified atom stereocenters. The van der Waals surface area contributed by atoms with E-state index in [4.69, 9.17) is 9.15 Å². The average molecular weight is 379 g/mol. The monoisotopic (exact) mass is 379 g/mol. The molecule has 1 amide bonds. The number of aryl methyl sites for hydroxylation is 1. The second-order valence-electron chi connectivity index (χ2n) is 6.37. The molecule has 6 nitrogen and oxygen atoms in total. The van der Waals surface area contributed by atoms with E-state index < -0.39 is 5.91 Å². The Kier molecular flexibility index (Phi) is 4.57. The highest BCUT2D eigenvalue weighted by molar-refractivity contribution is 6.06. The van der Waals surface area contributed by atoms with Crippen molar-refractivity contribution in [1.82, 2.24) is 9.78 Å². The summed E-state index contributed by atoms with van der Waals surface area (Å²) in [6.45, 7) is 2.21. The van der Waals surface area contributed by atoms with Gasteiger partial charge in [-0.15, -0.1) is 0 Å². The van der Waals surface area contributed by atoms with E-state index in [0.717, 1.165) is 11.3 Å². The molecule has 0 bridgehead atoms. The molecule has 0 radical (unpaired) electrons. The Bertz CT molecular complexity index is 1150. The molecule has 2 heterocycles. The van der Waals surface area contributed by atoms with Gasteiger partial charge in [0.1, 0.15) is 23.0 Å². The van der Waals surface area contributed by atoms with Crippen molar-refractivity contribution >= 4 is 22.7 Å². The maximum Gasteiger partial charge on any atom is 0.292 e. The van der Waals surface area contributed by atoms with Crippen LogP contribution in [-0.2, 0) is 6.54 Å². The molecule has 1 N–H and O–H groups in total. The minimum Gasteiger partial charge on any atom is -0.497 e. The second kappa shape index (κ2) is 7.19. The summed E-state index contributed by atoms with van der Waals surface area (Å²) in [5.41, 5.74) is 2.07. The number of halogens is 1. The molecule has 2 aromatic heterocycles. The minimum absolute atomic E-state index is 0.151. The summed E-state index contributed by atoms with van der Waals surface area (Å²) in [5.74, 6) is 0.672. The SMILES string of the molecule is COc1ccc(Cn2nccc2NC(=O)c2oc3ccc(F)cc3c2C)cc1.